The second-order valence-corrected chi connectivity index (χ2v) is 5.64. The molecule has 2 aromatic carbocycles. The van der Waals surface area contributed by atoms with E-state index in [0.717, 1.165) is 43.9 Å². The van der Waals surface area contributed by atoms with Crippen molar-refractivity contribution in [2.24, 2.45) is 0 Å². The highest BCUT2D eigenvalue weighted by Crippen LogP contribution is 2.15. The third kappa shape index (κ3) is 8.92. The molecule has 0 fully saturated rings. The highest BCUT2D eigenvalue weighted by atomic mass is 16.5. The van der Waals surface area contributed by atoms with Crippen molar-refractivity contribution in [3.63, 3.8) is 0 Å². The van der Waals surface area contributed by atoms with E-state index in [0.29, 0.717) is 0 Å². The van der Waals surface area contributed by atoms with E-state index < -0.39 is 0 Å². The van der Waals surface area contributed by atoms with Crippen molar-refractivity contribution in [2.45, 2.75) is 26.2 Å². The minimum Gasteiger partial charge on any atom is -0.497 e. The van der Waals surface area contributed by atoms with E-state index in [9.17, 15) is 0 Å². The lowest BCUT2D eigenvalue weighted by molar-refractivity contribution is 0.311. The normalized spacial score (nSPS) is 9.46. The summed E-state index contributed by atoms with van der Waals surface area (Å²) in [4.78, 5) is 0. The molecule has 4 nitrogen and oxygen atoms in total. The van der Waals surface area contributed by atoms with Crippen LogP contribution in [0.5, 0.6) is 11.5 Å². The van der Waals surface area contributed by atoms with Crippen LogP contribution in [0.1, 0.15) is 24.5 Å². The highest BCUT2D eigenvalue weighted by Gasteiger charge is 1.98. The first kappa shape index (κ1) is 21.3. The Balaban J connectivity index is 0.00000105. The molecule has 0 radical (unpaired) electrons. The Morgan fingerprint density at radius 1 is 0.962 bits per heavy atom. The molecule has 140 valence electrons. The number of nitrogens with one attached hydrogen (secondary N) is 2. The van der Waals surface area contributed by atoms with E-state index in [2.05, 4.69) is 36.2 Å². The van der Waals surface area contributed by atoms with E-state index in [4.69, 9.17) is 14.9 Å². The molecule has 4 heteroatoms. The summed E-state index contributed by atoms with van der Waals surface area (Å²) in [5.74, 6) is 1.83. The van der Waals surface area contributed by atoms with Crippen LogP contribution in [0.2, 0.25) is 0 Å². The summed E-state index contributed by atoms with van der Waals surface area (Å²) < 4.78 is 11.0. The lowest BCUT2D eigenvalue weighted by Crippen LogP contribution is -2.08. The molecular formula is C22H30N2O2. The third-order valence-corrected chi connectivity index (χ3v) is 3.66. The van der Waals surface area contributed by atoms with Crippen LogP contribution >= 0.6 is 0 Å². The second-order valence-electron chi connectivity index (χ2n) is 5.64. The second kappa shape index (κ2) is 13.5. The van der Waals surface area contributed by atoms with Gasteiger partial charge in [-0.3, -0.25) is 0 Å². The summed E-state index contributed by atoms with van der Waals surface area (Å²) in [5, 5.41) is 9.18. The molecule has 0 aliphatic rings. The molecule has 0 heterocycles. The largest absolute Gasteiger partial charge is 0.497 e. The fourth-order valence-corrected chi connectivity index (χ4v) is 2.33. The molecule has 0 atom stereocenters. The number of rotatable bonds is 10. The Morgan fingerprint density at radius 2 is 1.50 bits per heavy atom. The van der Waals surface area contributed by atoms with Gasteiger partial charge in [-0.15, -0.1) is 0 Å². The first-order chi connectivity index (χ1) is 12.7. The predicted molar refractivity (Wildman–Crippen MR) is 110 cm³/mol. The van der Waals surface area contributed by atoms with Crippen molar-refractivity contribution in [1.82, 2.24) is 5.32 Å². The number of methoxy groups -OCH3 is 1. The lowest BCUT2D eigenvalue weighted by atomic mass is 10.1. The van der Waals surface area contributed by atoms with Gasteiger partial charge in [0.25, 0.3) is 0 Å². The zero-order valence-electron chi connectivity index (χ0n) is 15.8. The van der Waals surface area contributed by atoms with Crippen molar-refractivity contribution in [1.29, 1.82) is 5.41 Å². The van der Waals surface area contributed by atoms with Gasteiger partial charge in [-0.1, -0.05) is 30.8 Å². The monoisotopic (exact) mass is 354 g/mol. The Morgan fingerprint density at radius 3 is 2.04 bits per heavy atom. The van der Waals surface area contributed by atoms with Gasteiger partial charge in [0.05, 0.1) is 13.7 Å². The van der Waals surface area contributed by atoms with E-state index in [1.54, 1.807) is 20.2 Å². The van der Waals surface area contributed by atoms with E-state index in [1.807, 2.05) is 24.3 Å². The van der Waals surface area contributed by atoms with Crippen LogP contribution in [0.15, 0.2) is 61.3 Å². The Bertz CT molecular complexity index is 622. The molecule has 0 aliphatic carbocycles. The fourth-order valence-electron chi connectivity index (χ4n) is 2.33. The standard InChI is InChI=1S/C20H25NO2.C2H5N/c1-3-21-15-14-18-8-12-20(13-9-18)23-16-4-5-17-6-10-19(22-2)11-7-17;1-2-3/h3,6-13,21H,1,4-5,14-16H2,2H3;2-3H,1H3. The SMILES string of the molecule is C=CNCCc1ccc(OCCCc2ccc(OC)cc2)cc1.CC=N. The molecular weight excluding hydrogens is 324 g/mol. The van der Waals surface area contributed by atoms with Crippen molar-refractivity contribution in [2.75, 3.05) is 20.3 Å². The number of hydrogen-bond donors (Lipinski definition) is 2. The van der Waals surface area contributed by atoms with Crippen LogP contribution < -0.4 is 14.8 Å². The van der Waals surface area contributed by atoms with Crippen LogP contribution in [0.4, 0.5) is 0 Å². The van der Waals surface area contributed by atoms with E-state index >= 15 is 0 Å². The Hall–Kier alpha value is -2.75. The van der Waals surface area contributed by atoms with Gasteiger partial charge in [-0.05, 0) is 74.0 Å². The highest BCUT2D eigenvalue weighted by molar-refractivity contribution is 5.48. The van der Waals surface area contributed by atoms with Gasteiger partial charge in [0.15, 0.2) is 0 Å². The first-order valence-electron chi connectivity index (χ1n) is 8.87. The van der Waals surface area contributed by atoms with Gasteiger partial charge >= 0.3 is 0 Å². The molecule has 2 rings (SSSR count). The molecule has 0 bridgehead atoms. The zero-order chi connectivity index (χ0) is 19.0. The first-order valence-corrected chi connectivity index (χ1v) is 8.87. The van der Waals surface area contributed by atoms with Gasteiger partial charge in [-0.2, -0.15) is 0 Å². The van der Waals surface area contributed by atoms with Crippen LogP contribution in [-0.2, 0) is 12.8 Å². The molecule has 0 unspecified atom stereocenters. The minimum absolute atomic E-state index is 0.726. The zero-order valence-corrected chi connectivity index (χ0v) is 15.8. The lowest BCUT2D eigenvalue weighted by Gasteiger charge is -2.08. The molecule has 2 N–H and O–H groups in total. The van der Waals surface area contributed by atoms with Crippen molar-refractivity contribution in [3.05, 3.63) is 72.4 Å². The predicted octanol–water partition coefficient (Wildman–Crippen LogP) is 4.64. The molecule has 0 aliphatic heterocycles. The van der Waals surface area contributed by atoms with Crippen LogP contribution in [-0.4, -0.2) is 26.5 Å². The molecule has 0 spiro atoms. The summed E-state index contributed by atoms with van der Waals surface area (Å²) >= 11 is 0. The maximum absolute atomic E-state index is 6.08. The van der Waals surface area contributed by atoms with Crippen LogP contribution in [0, 0.1) is 5.41 Å². The molecule has 0 saturated heterocycles. The van der Waals surface area contributed by atoms with Crippen molar-refractivity contribution < 1.29 is 9.47 Å². The smallest absolute Gasteiger partial charge is 0.119 e. The number of benzene rings is 2. The summed E-state index contributed by atoms with van der Waals surface area (Å²) in [6.45, 7) is 6.94. The van der Waals surface area contributed by atoms with Crippen LogP contribution in [0.25, 0.3) is 0 Å². The topological polar surface area (TPSA) is 54.3 Å². The summed E-state index contributed by atoms with van der Waals surface area (Å²) in [7, 11) is 1.68. The average molecular weight is 354 g/mol. The number of aryl methyl sites for hydroxylation is 1. The minimum atomic E-state index is 0.726. The Kier molecular flexibility index (Phi) is 11.1. The quantitative estimate of drug-likeness (QED) is 0.483. The maximum Gasteiger partial charge on any atom is 0.119 e. The average Bonchev–Trinajstić information content (AvgIpc) is 2.68. The molecule has 0 aromatic heterocycles. The molecule has 2 aromatic rings. The van der Waals surface area contributed by atoms with Crippen LogP contribution in [0.3, 0.4) is 0 Å². The summed E-state index contributed by atoms with van der Waals surface area (Å²) in [5.41, 5.74) is 2.60. The summed E-state index contributed by atoms with van der Waals surface area (Å²) in [6.07, 6.45) is 5.97. The van der Waals surface area contributed by atoms with Crippen molar-refractivity contribution >= 4 is 6.21 Å². The van der Waals surface area contributed by atoms with Gasteiger partial charge in [0, 0.05) is 6.54 Å². The Labute approximate surface area is 157 Å². The maximum atomic E-state index is 6.08. The van der Waals surface area contributed by atoms with Gasteiger partial charge in [0.2, 0.25) is 0 Å². The molecule has 0 saturated carbocycles. The van der Waals surface area contributed by atoms with Crippen molar-refractivity contribution in [3.8, 4) is 11.5 Å². The van der Waals surface area contributed by atoms with Gasteiger partial charge < -0.3 is 20.2 Å². The molecule has 26 heavy (non-hydrogen) atoms. The summed E-state index contributed by atoms with van der Waals surface area (Å²) in [6, 6.07) is 16.5. The van der Waals surface area contributed by atoms with E-state index in [1.165, 1.54) is 17.3 Å². The fraction of sp³-hybridized carbons (Fsp3) is 0.318. The van der Waals surface area contributed by atoms with Gasteiger partial charge in [0.1, 0.15) is 11.5 Å². The third-order valence-electron chi connectivity index (χ3n) is 3.66. The van der Waals surface area contributed by atoms with E-state index in [-0.39, 0.29) is 0 Å². The van der Waals surface area contributed by atoms with Gasteiger partial charge in [-0.25, -0.2) is 0 Å². The number of ether oxygens (including phenoxy) is 2. The molecule has 0 amide bonds. The number of hydrogen-bond acceptors (Lipinski definition) is 4.